The summed E-state index contributed by atoms with van der Waals surface area (Å²) in [6.45, 7) is 0.174. The molecule has 3 rings (SSSR count). The molecule has 0 bridgehead atoms. The number of aliphatic imine (C=N–C) groups is 2. The van der Waals surface area contributed by atoms with Crippen molar-refractivity contribution in [2.75, 3.05) is 5.32 Å². The molecular weight excluding hydrogens is 316 g/mol. The molecule has 1 aliphatic heterocycles. The van der Waals surface area contributed by atoms with Crippen LogP contribution in [-0.4, -0.2) is 24.7 Å². The molecule has 6 nitrogen and oxygen atoms in total. The molecule has 0 aliphatic carbocycles. The lowest BCUT2D eigenvalue weighted by molar-refractivity contribution is 0.155. The molecule has 1 amide bonds. The van der Waals surface area contributed by atoms with Crippen LogP contribution in [0.5, 0.6) is 0 Å². The molecule has 1 heterocycles. The van der Waals surface area contributed by atoms with E-state index in [1.165, 1.54) is 0 Å². The largest absolute Gasteiger partial charge is 0.444 e. The van der Waals surface area contributed by atoms with Gasteiger partial charge in [0.1, 0.15) is 12.9 Å². The minimum atomic E-state index is -0.560. The van der Waals surface area contributed by atoms with Crippen LogP contribution in [0.3, 0.4) is 0 Å². The maximum atomic E-state index is 11.8. The Kier molecular flexibility index (Phi) is 5.17. The monoisotopic (exact) mass is 332 g/mol. The summed E-state index contributed by atoms with van der Waals surface area (Å²) in [4.78, 5) is 20.0. The summed E-state index contributed by atoms with van der Waals surface area (Å²) in [5, 5.41) is 11.5. The van der Waals surface area contributed by atoms with E-state index in [4.69, 9.17) is 10.00 Å². The number of anilines is 1. The second-order valence-corrected chi connectivity index (χ2v) is 5.54. The summed E-state index contributed by atoms with van der Waals surface area (Å²) < 4.78 is 5.20. The average molecular weight is 332 g/mol. The quantitative estimate of drug-likeness (QED) is 0.911. The van der Waals surface area contributed by atoms with E-state index in [1.54, 1.807) is 30.6 Å². The van der Waals surface area contributed by atoms with Crippen molar-refractivity contribution in [3.05, 3.63) is 65.2 Å². The molecule has 1 N–H and O–H groups in total. The Morgan fingerprint density at radius 3 is 2.72 bits per heavy atom. The van der Waals surface area contributed by atoms with Gasteiger partial charge in [-0.2, -0.15) is 5.26 Å². The number of rotatable bonds is 5. The number of carbonyl (C=O) groups is 1. The average Bonchev–Trinajstić information content (AvgIpc) is 3.14. The van der Waals surface area contributed by atoms with Crippen molar-refractivity contribution in [3.63, 3.8) is 0 Å². The molecule has 0 radical (unpaired) electrons. The van der Waals surface area contributed by atoms with Crippen LogP contribution in [0, 0.1) is 11.3 Å². The summed E-state index contributed by atoms with van der Waals surface area (Å²) in [6, 6.07) is 16.6. The minimum Gasteiger partial charge on any atom is -0.444 e. The van der Waals surface area contributed by atoms with E-state index in [9.17, 15) is 4.79 Å². The van der Waals surface area contributed by atoms with Crippen molar-refractivity contribution in [2.45, 2.75) is 19.1 Å². The van der Waals surface area contributed by atoms with Crippen LogP contribution >= 0.6 is 0 Å². The summed E-state index contributed by atoms with van der Waals surface area (Å²) in [5.74, 6) is 0. The molecule has 1 aliphatic rings. The standard InChI is InChI=1S/C19H16N4O2/c20-10-16-2-1-3-17(9-16)23-19(24)25-12-15-6-4-14(5-7-15)8-18-11-21-13-22-18/h1-7,9,11,13,18H,8,12H2,(H,23,24). The number of carbonyl (C=O) groups excluding carboxylic acids is 1. The maximum absolute atomic E-state index is 11.8. The normalized spacial score (nSPS) is 14.9. The molecule has 25 heavy (non-hydrogen) atoms. The molecule has 2 aromatic rings. The minimum absolute atomic E-state index is 0.108. The van der Waals surface area contributed by atoms with Gasteiger partial charge in [-0.05, 0) is 35.7 Å². The predicted molar refractivity (Wildman–Crippen MR) is 95.9 cm³/mol. The highest BCUT2D eigenvalue weighted by molar-refractivity contribution is 5.84. The number of hydrogen-bond acceptors (Lipinski definition) is 5. The van der Waals surface area contributed by atoms with E-state index in [0.29, 0.717) is 11.3 Å². The Balaban J connectivity index is 1.49. The fourth-order valence-electron chi connectivity index (χ4n) is 2.39. The lowest BCUT2D eigenvalue weighted by Gasteiger charge is -2.08. The zero-order valence-corrected chi connectivity index (χ0v) is 13.4. The van der Waals surface area contributed by atoms with E-state index in [1.807, 2.05) is 36.5 Å². The molecule has 0 saturated carbocycles. The van der Waals surface area contributed by atoms with Crippen LogP contribution in [0.4, 0.5) is 10.5 Å². The highest BCUT2D eigenvalue weighted by Gasteiger charge is 2.08. The number of nitrogens with one attached hydrogen (secondary N) is 1. The van der Waals surface area contributed by atoms with Gasteiger partial charge in [-0.15, -0.1) is 0 Å². The number of nitriles is 1. The smallest absolute Gasteiger partial charge is 0.411 e. The molecule has 0 fully saturated rings. The van der Waals surface area contributed by atoms with Gasteiger partial charge in [0.25, 0.3) is 0 Å². The third-order valence-electron chi connectivity index (χ3n) is 3.66. The molecule has 0 spiro atoms. The van der Waals surface area contributed by atoms with E-state index in [0.717, 1.165) is 17.5 Å². The number of benzene rings is 2. The number of hydrogen-bond donors (Lipinski definition) is 1. The summed E-state index contributed by atoms with van der Waals surface area (Å²) >= 11 is 0. The van der Waals surface area contributed by atoms with Crippen LogP contribution in [0.15, 0.2) is 58.5 Å². The Bertz CT molecular complexity index is 838. The van der Waals surface area contributed by atoms with Crippen LogP contribution in [0.1, 0.15) is 16.7 Å². The lowest BCUT2D eigenvalue weighted by Crippen LogP contribution is -2.13. The van der Waals surface area contributed by atoms with Gasteiger partial charge in [-0.3, -0.25) is 10.3 Å². The Morgan fingerprint density at radius 1 is 1.20 bits per heavy atom. The third kappa shape index (κ3) is 4.75. The fraction of sp³-hybridized carbons (Fsp3) is 0.158. The predicted octanol–water partition coefficient (Wildman–Crippen LogP) is 3.33. The van der Waals surface area contributed by atoms with Crippen LogP contribution in [0.25, 0.3) is 0 Å². The van der Waals surface area contributed by atoms with Gasteiger partial charge >= 0.3 is 6.09 Å². The van der Waals surface area contributed by atoms with Gasteiger partial charge in [-0.1, -0.05) is 30.3 Å². The van der Waals surface area contributed by atoms with E-state index in [-0.39, 0.29) is 12.6 Å². The fourth-order valence-corrected chi connectivity index (χ4v) is 2.39. The van der Waals surface area contributed by atoms with Crippen molar-refractivity contribution < 1.29 is 9.53 Å². The van der Waals surface area contributed by atoms with Gasteiger partial charge in [0.15, 0.2) is 0 Å². The van der Waals surface area contributed by atoms with E-state index < -0.39 is 6.09 Å². The van der Waals surface area contributed by atoms with E-state index >= 15 is 0 Å². The first-order valence-electron chi connectivity index (χ1n) is 7.79. The second kappa shape index (κ2) is 7.88. The molecule has 124 valence electrons. The zero-order valence-electron chi connectivity index (χ0n) is 13.4. The van der Waals surface area contributed by atoms with Crippen molar-refractivity contribution in [3.8, 4) is 6.07 Å². The molecule has 1 atom stereocenters. The first-order chi connectivity index (χ1) is 12.2. The van der Waals surface area contributed by atoms with Gasteiger partial charge in [-0.25, -0.2) is 9.79 Å². The Morgan fingerprint density at radius 2 is 2.00 bits per heavy atom. The van der Waals surface area contributed by atoms with Crippen molar-refractivity contribution in [2.24, 2.45) is 9.98 Å². The van der Waals surface area contributed by atoms with Crippen molar-refractivity contribution >= 4 is 24.3 Å². The first kappa shape index (κ1) is 16.4. The SMILES string of the molecule is N#Cc1cccc(NC(=O)OCc2ccc(CC3C=NC=N3)cc2)c1. The molecule has 1 unspecified atom stereocenters. The first-order valence-corrected chi connectivity index (χ1v) is 7.79. The molecule has 0 aromatic heterocycles. The highest BCUT2D eigenvalue weighted by Crippen LogP contribution is 2.12. The van der Waals surface area contributed by atoms with Crippen LogP contribution < -0.4 is 5.32 Å². The van der Waals surface area contributed by atoms with Crippen LogP contribution in [0.2, 0.25) is 0 Å². The van der Waals surface area contributed by atoms with Gasteiger partial charge in [0, 0.05) is 11.9 Å². The highest BCUT2D eigenvalue weighted by atomic mass is 16.5. The summed E-state index contributed by atoms with van der Waals surface area (Å²) in [5.41, 5.74) is 3.05. The van der Waals surface area contributed by atoms with Gasteiger partial charge in [0.2, 0.25) is 0 Å². The second-order valence-electron chi connectivity index (χ2n) is 5.54. The molecule has 2 aromatic carbocycles. The van der Waals surface area contributed by atoms with Gasteiger partial charge in [0.05, 0.1) is 17.7 Å². The number of nitrogens with zero attached hydrogens (tertiary/aromatic N) is 3. The Hall–Kier alpha value is -3.46. The van der Waals surface area contributed by atoms with E-state index in [2.05, 4.69) is 15.3 Å². The van der Waals surface area contributed by atoms with Crippen molar-refractivity contribution in [1.82, 2.24) is 0 Å². The zero-order chi connectivity index (χ0) is 17.5. The Labute approximate surface area is 145 Å². The van der Waals surface area contributed by atoms with Gasteiger partial charge < -0.3 is 4.74 Å². The molecule has 6 heteroatoms. The summed E-state index contributed by atoms with van der Waals surface area (Å²) in [7, 11) is 0. The van der Waals surface area contributed by atoms with Crippen molar-refractivity contribution in [1.29, 1.82) is 5.26 Å². The lowest BCUT2D eigenvalue weighted by atomic mass is 10.1. The third-order valence-corrected chi connectivity index (χ3v) is 3.66. The molecule has 0 saturated heterocycles. The number of ether oxygens (including phenoxy) is 1. The summed E-state index contributed by atoms with van der Waals surface area (Å²) in [6.07, 6.45) is 3.63. The molecular formula is C19H16N4O2. The topological polar surface area (TPSA) is 86.8 Å². The van der Waals surface area contributed by atoms with Crippen LogP contribution in [-0.2, 0) is 17.8 Å². The maximum Gasteiger partial charge on any atom is 0.411 e. The number of amides is 1.